The Morgan fingerprint density at radius 2 is 1.59 bits per heavy atom. The Morgan fingerprint density at radius 3 is 2.22 bits per heavy atom. The average molecular weight is 467 g/mol. The molecule has 0 radical (unpaired) electrons. The summed E-state index contributed by atoms with van der Waals surface area (Å²) in [6, 6.07) is -2.20. The first kappa shape index (κ1) is 26.1. The van der Waals surface area contributed by atoms with E-state index >= 15 is 0 Å². The van der Waals surface area contributed by atoms with Gasteiger partial charge in [0.2, 0.25) is 0 Å². The quantitative estimate of drug-likeness (QED) is 0.179. The van der Waals surface area contributed by atoms with Crippen molar-refractivity contribution in [3.63, 3.8) is 0 Å². The molecule has 1 saturated carbocycles. The number of hydrogen-bond acceptors (Lipinski definition) is 13. The molecule has 3 fully saturated rings. The molecule has 0 bridgehead atoms. The fourth-order valence-corrected chi connectivity index (χ4v) is 4.69. The Hall–Kier alpha value is -0.520. The zero-order valence-electron chi connectivity index (χ0n) is 18.4. The van der Waals surface area contributed by atoms with Crippen LogP contribution in [0, 0.1) is 0 Å². The van der Waals surface area contributed by atoms with Crippen LogP contribution < -0.4 is 22.5 Å². The fourth-order valence-electron chi connectivity index (χ4n) is 4.69. The molecule has 13 heteroatoms. The first-order chi connectivity index (χ1) is 15.0. The van der Waals surface area contributed by atoms with Crippen molar-refractivity contribution in [1.29, 1.82) is 0 Å². The number of rotatable bonds is 6. The molecule has 13 nitrogen and oxygen atoms in total. The summed E-state index contributed by atoms with van der Waals surface area (Å²) in [5.41, 5.74) is 16.4. The first-order valence-electron chi connectivity index (χ1n) is 10.9. The summed E-state index contributed by atoms with van der Waals surface area (Å²) >= 11 is 0. The van der Waals surface area contributed by atoms with Gasteiger partial charge < -0.3 is 67.0 Å². The first-order valence-corrected chi connectivity index (χ1v) is 10.9. The minimum absolute atomic E-state index is 0.0350. The van der Waals surface area contributed by atoms with Gasteiger partial charge in [-0.05, 0) is 26.8 Å². The summed E-state index contributed by atoms with van der Waals surface area (Å²) in [5.74, 6) is 0. The number of likely N-dealkylation sites (N-methyl/N-ethyl adjacent to an activating group) is 1. The molecule has 13 atom stereocenters. The number of nitrogens with two attached hydrogens (primary N) is 3. The number of nitrogens with one attached hydrogen (secondary N) is 1. The smallest absolute Gasteiger partial charge is 0.185 e. The lowest BCUT2D eigenvalue weighted by molar-refractivity contribution is -0.318. The van der Waals surface area contributed by atoms with E-state index in [2.05, 4.69) is 5.32 Å². The van der Waals surface area contributed by atoms with Gasteiger partial charge in [0.05, 0.1) is 37.0 Å². The minimum Gasteiger partial charge on any atom is -0.390 e. The molecule has 2 saturated heterocycles. The maximum atomic E-state index is 10.9. The Bertz CT molecular complexity index is 617. The summed E-state index contributed by atoms with van der Waals surface area (Å²) in [5, 5.41) is 55.3. The standard InChI is InChI=1S/C19H38N4O9/c1-19(28)6-29-18(13(27)16(19)23-2)32-15-10(25)3-7(21)14(12(15)26)31-17-8(22)4-9(24)11(5-20)30-17/h7-18,23-28H,3-6,20-22H2,1-2H3. The molecule has 0 aromatic carbocycles. The second kappa shape index (κ2) is 10.4. The fraction of sp³-hybridized carbons (Fsp3) is 1.00. The largest absolute Gasteiger partial charge is 0.390 e. The van der Waals surface area contributed by atoms with Gasteiger partial charge in [-0.25, -0.2) is 0 Å². The third-order valence-electron chi connectivity index (χ3n) is 6.55. The van der Waals surface area contributed by atoms with Gasteiger partial charge in [0, 0.05) is 12.6 Å². The topological polar surface area (TPSA) is 228 Å². The monoisotopic (exact) mass is 466 g/mol. The van der Waals surface area contributed by atoms with Crippen molar-refractivity contribution in [2.75, 3.05) is 20.2 Å². The normalized spacial score (nSPS) is 52.7. The zero-order chi connectivity index (χ0) is 23.8. The van der Waals surface area contributed by atoms with E-state index in [4.69, 9.17) is 36.1 Å². The molecule has 2 heterocycles. The molecule has 0 amide bonds. The van der Waals surface area contributed by atoms with Crippen LogP contribution >= 0.6 is 0 Å². The molecule has 0 aromatic rings. The number of hydrogen-bond donors (Lipinski definition) is 9. The van der Waals surface area contributed by atoms with Crippen molar-refractivity contribution >= 4 is 0 Å². The van der Waals surface area contributed by atoms with E-state index in [1.54, 1.807) is 7.05 Å². The van der Waals surface area contributed by atoms with Crippen LogP contribution in [0.4, 0.5) is 0 Å². The third-order valence-corrected chi connectivity index (χ3v) is 6.55. The minimum atomic E-state index is -1.40. The molecule has 0 aromatic heterocycles. The molecular weight excluding hydrogens is 428 g/mol. The van der Waals surface area contributed by atoms with Crippen molar-refractivity contribution < 1.29 is 44.5 Å². The van der Waals surface area contributed by atoms with Gasteiger partial charge in [0.25, 0.3) is 0 Å². The van der Waals surface area contributed by atoms with E-state index in [0.29, 0.717) is 0 Å². The van der Waals surface area contributed by atoms with Crippen LogP contribution in [0.1, 0.15) is 19.8 Å². The highest BCUT2D eigenvalue weighted by atomic mass is 16.7. The van der Waals surface area contributed by atoms with E-state index in [0.717, 1.165) is 0 Å². The van der Waals surface area contributed by atoms with Gasteiger partial charge in [-0.1, -0.05) is 0 Å². The average Bonchev–Trinajstić information content (AvgIpc) is 2.71. The summed E-state index contributed by atoms with van der Waals surface area (Å²) in [6.07, 6.45) is -9.53. The highest BCUT2D eigenvalue weighted by molar-refractivity contribution is 5.01. The molecule has 3 rings (SSSR count). The second-order valence-electron chi connectivity index (χ2n) is 9.20. The van der Waals surface area contributed by atoms with Crippen LogP contribution in [0.15, 0.2) is 0 Å². The van der Waals surface area contributed by atoms with Crippen LogP contribution in [0.3, 0.4) is 0 Å². The Morgan fingerprint density at radius 1 is 0.969 bits per heavy atom. The molecule has 0 spiro atoms. The lowest BCUT2D eigenvalue weighted by atomic mass is 9.85. The van der Waals surface area contributed by atoms with Crippen molar-refractivity contribution in [3.8, 4) is 0 Å². The number of aliphatic hydroxyl groups excluding tert-OH is 4. The van der Waals surface area contributed by atoms with Gasteiger partial charge in [-0.2, -0.15) is 0 Å². The molecule has 1 aliphatic carbocycles. The third kappa shape index (κ3) is 5.25. The summed E-state index contributed by atoms with van der Waals surface area (Å²) in [6.45, 7) is 1.44. The van der Waals surface area contributed by atoms with E-state index in [-0.39, 0.29) is 26.0 Å². The zero-order valence-corrected chi connectivity index (χ0v) is 18.4. The Balaban J connectivity index is 1.69. The van der Waals surface area contributed by atoms with Crippen LogP contribution in [0.2, 0.25) is 0 Å². The molecule has 2 aliphatic heterocycles. The van der Waals surface area contributed by atoms with E-state index in [1.165, 1.54) is 6.92 Å². The van der Waals surface area contributed by atoms with Crippen molar-refractivity contribution in [1.82, 2.24) is 5.32 Å². The molecule has 188 valence electrons. The molecular formula is C19H38N4O9. The van der Waals surface area contributed by atoms with Crippen LogP contribution in [0.25, 0.3) is 0 Å². The van der Waals surface area contributed by atoms with E-state index in [9.17, 15) is 25.5 Å². The van der Waals surface area contributed by atoms with Crippen LogP contribution in [-0.2, 0) is 18.9 Å². The van der Waals surface area contributed by atoms with Crippen LogP contribution in [0.5, 0.6) is 0 Å². The molecule has 13 unspecified atom stereocenters. The lowest BCUT2D eigenvalue weighted by Gasteiger charge is -2.48. The van der Waals surface area contributed by atoms with Gasteiger partial charge in [0.1, 0.15) is 30.0 Å². The molecule has 32 heavy (non-hydrogen) atoms. The second-order valence-corrected chi connectivity index (χ2v) is 9.20. The van der Waals surface area contributed by atoms with Crippen LogP contribution in [-0.4, -0.2) is 125 Å². The van der Waals surface area contributed by atoms with Crippen molar-refractivity contribution in [3.05, 3.63) is 0 Å². The predicted octanol–water partition coefficient (Wildman–Crippen LogP) is -4.97. The Kier molecular flexibility index (Phi) is 8.48. The number of aliphatic hydroxyl groups is 5. The highest BCUT2D eigenvalue weighted by Gasteiger charge is 2.51. The van der Waals surface area contributed by atoms with Crippen molar-refractivity contribution in [2.45, 2.75) is 98.8 Å². The molecule has 12 N–H and O–H groups in total. The summed E-state index contributed by atoms with van der Waals surface area (Å²) in [4.78, 5) is 0. The SMILES string of the molecule is CNC1C(O)C(OC2C(O)CC(N)C(OC3OC(CN)C(O)CC3N)C2O)OCC1(C)O. The highest BCUT2D eigenvalue weighted by Crippen LogP contribution is 2.32. The van der Waals surface area contributed by atoms with Gasteiger partial charge in [-0.15, -0.1) is 0 Å². The van der Waals surface area contributed by atoms with Gasteiger partial charge in [-0.3, -0.25) is 0 Å². The van der Waals surface area contributed by atoms with Gasteiger partial charge >= 0.3 is 0 Å². The van der Waals surface area contributed by atoms with Gasteiger partial charge in [0.15, 0.2) is 12.6 Å². The number of ether oxygens (including phenoxy) is 4. The molecule has 3 aliphatic rings. The Labute approximate surface area is 186 Å². The van der Waals surface area contributed by atoms with E-state index in [1.807, 2.05) is 0 Å². The maximum absolute atomic E-state index is 10.9. The maximum Gasteiger partial charge on any atom is 0.185 e. The van der Waals surface area contributed by atoms with Crippen molar-refractivity contribution in [2.24, 2.45) is 17.2 Å². The van der Waals surface area contributed by atoms with E-state index < -0.39 is 79.0 Å². The lowest BCUT2D eigenvalue weighted by Crippen LogP contribution is -2.68. The summed E-state index contributed by atoms with van der Waals surface area (Å²) in [7, 11) is 1.58. The summed E-state index contributed by atoms with van der Waals surface area (Å²) < 4.78 is 22.8. The predicted molar refractivity (Wildman–Crippen MR) is 110 cm³/mol.